The first-order valence-electron chi connectivity index (χ1n) is 5.83. The maximum atomic E-state index is 12.2. The SMILES string of the molecule is O=S(=O)(Nc1cc(O)ccc1Cl)N1CCCOCC1. The molecule has 2 rings (SSSR count). The molecule has 1 aromatic rings. The van der Waals surface area contributed by atoms with Gasteiger partial charge in [-0.25, -0.2) is 0 Å². The Morgan fingerprint density at radius 3 is 2.89 bits per heavy atom. The summed E-state index contributed by atoms with van der Waals surface area (Å²) in [7, 11) is -3.69. The van der Waals surface area contributed by atoms with Crippen LogP contribution in [-0.4, -0.2) is 44.1 Å². The minimum Gasteiger partial charge on any atom is -0.508 e. The van der Waals surface area contributed by atoms with E-state index in [9.17, 15) is 13.5 Å². The van der Waals surface area contributed by atoms with Crippen molar-refractivity contribution in [3.63, 3.8) is 0 Å². The monoisotopic (exact) mass is 306 g/mol. The van der Waals surface area contributed by atoms with Crippen LogP contribution in [0.5, 0.6) is 5.75 Å². The van der Waals surface area contributed by atoms with Crippen LogP contribution >= 0.6 is 11.6 Å². The van der Waals surface area contributed by atoms with E-state index in [2.05, 4.69) is 4.72 Å². The van der Waals surface area contributed by atoms with Crippen molar-refractivity contribution in [1.82, 2.24) is 4.31 Å². The highest BCUT2D eigenvalue weighted by molar-refractivity contribution is 7.90. The number of ether oxygens (including phenoxy) is 1. The highest BCUT2D eigenvalue weighted by Gasteiger charge is 2.23. The Labute approximate surface area is 117 Å². The van der Waals surface area contributed by atoms with Gasteiger partial charge in [0, 0.05) is 25.8 Å². The lowest BCUT2D eigenvalue weighted by Crippen LogP contribution is -2.37. The number of phenols is 1. The largest absolute Gasteiger partial charge is 0.508 e. The summed E-state index contributed by atoms with van der Waals surface area (Å²) < 4.78 is 33.3. The molecular weight excluding hydrogens is 292 g/mol. The number of anilines is 1. The average molecular weight is 307 g/mol. The van der Waals surface area contributed by atoms with Crippen LogP contribution in [-0.2, 0) is 14.9 Å². The summed E-state index contributed by atoms with van der Waals surface area (Å²) in [6, 6.07) is 4.09. The molecule has 0 spiro atoms. The summed E-state index contributed by atoms with van der Waals surface area (Å²) in [6.45, 7) is 1.62. The molecular formula is C11H15ClN2O4S. The van der Waals surface area contributed by atoms with Gasteiger partial charge in [0.15, 0.2) is 0 Å². The number of nitrogens with one attached hydrogen (secondary N) is 1. The van der Waals surface area contributed by atoms with Crippen LogP contribution in [0, 0.1) is 0 Å². The van der Waals surface area contributed by atoms with Crippen LogP contribution in [0.4, 0.5) is 5.69 Å². The lowest BCUT2D eigenvalue weighted by Gasteiger charge is -2.20. The van der Waals surface area contributed by atoms with Crippen molar-refractivity contribution in [3.8, 4) is 5.75 Å². The zero-order valence-electron chi connectivity index (χ0n) is 10.2. The van der Waals surface area contributed by atoms with Gasteiger partial charge in [-0.05, 0) is 18.6 Å². The van der Waals surface area contributed by atoms with E-state index in [4.69, 9.17) is 16.3 Å². The second-order valence-electron chi connectivity index (χ2n) is 4.14. The Kier molecular flexibility index (Phi) is 4.51. The fraction of sp³-hybridized carbons (Fsp3) is 0.455. The molecule has 1 saturated heterocycles. The normalized spacial score (nSPS) is 17.9. The number of rotatable bonds is 3. The summed E-state index contributed by atoms with van der Waals surface area (Å²) >= 11 is 5.89. The smallest absolute Gasteiger partial charge is 0.301 e. The highest BCUT2D eigenvalue weighted by atomic mass is 35.5. The van der Waals surface area contributed by atoms with Crippen molar-refractivity contribution in [2.24, 2.45) is 0 Å². The first-order chi connectivity index (χ1) is 8.99. The molecule has 1 heterocycles. The van der Waals surface area contributed by atoms with Gasteiger partial charge in [-0.3, -0.25) is 4.72 Å². The Bertz CT molecular complexity index is 542. The Hall–Kier alpha value is -1.02. The number of hydrogen-bond acceptors (Lipinski definition) is 4. The van der Waals surface area contributed by atoms with Gasteiger partial charge in [-0.2, -0.15) is 12.7 Å². The fourth-order valence-electron chi connectivity index (χ4n) is 1.76. The van der Waals surface area contributed by atoms with Crippen LogP contribution in [0.2, 0.25) is 5.02 Å². The number of benzene rings is 1. The Morgan fingerprint density at radius 2 is 2.11 bits per heavy atom. The zero-order chi connectivity index (χ0) is 13.9. The first kappa shape index (κ1) is 14.4. The van der Waals surface area contributed by atoms with Gasteiger partial charge in [0.05, 0.1) is 17.3 Å². The summed E-state index contributed by atoms with van der Waals surface area (Å²) in [5.41, 5.74) is 0.159. The quantitative estimate of drug-likeness (QED) is 0.885. The predicted octanol–water partition coefficient (Wildman–Crippen LogP) is 1.42. The van der Waals surface area contributed by atoms with Crippen LogP contribution in [0.1, 0.15) is 6.42 Å². The van der Waals surface area contributed by atoms with Crippen molar-refractivity contribution in [2.75, 3.05) is 31.0 Å². The summed E-state index contributed by atoms with van der Waals surface area (Å²) in [5, 5.41) is 9.59. The van der Waals surface area contributed by atoms with E-state index in [1.807, 2.05) is 0 Å². The lowest BCUT2D eigenvalue weighted by molar-refractivity contribution is 0.148. The molecule has 0 bridgehead atoms. The van der Waals surface area contributed by atoms with Gasteiger partial charge in [0.2, 0.25) is 0 Å². The highest BCUT2D eigenvalue weighted by Crippen LogP contribution is 2.27. The topological polar surface area (TPSA) is 78.9 Å². The molecule has 1 aliphatic heterocycles. The van der Waals surface area contributed by atoms with Crippen molar-refractivity contribution in [2.45, 2.75) is 6.42 Å². The van der Waals surface area contributed by atoms with Gasteiger partial charge in [0.25, 0.3) is 0 Å². The molecule has 0 atom stereocenters. The minimum atomic E-state index is -3.69. The molecule has 1 aliphatic rings. The molecule has 0 aliphatic carbocycles. The van der Waals surface area contributed by atoms with E-state index in [1.165, 1.54) is 22.5 Å². The van der Waals surface area contributed by atoms with Crippen molar-refractivity contribution in [3.05, 3.63) is 23.2 Å². The molecule has 2 N–H and O–H groups in total. The second-order valence-corrected chi connectivity index (χ2v) is 6.21. The predicted molar refractivity (Wildman–Crippen MR) is 72.7 cm³/mol. The van der Waals surface area contributed by atoms with Gasteiger partial charge in [0.1, 0.15) is 5.75 Å². The first-order valence-corrected chi connectivity index (χ1v) is 7.65. The fourth-order valence-corrected chi connectivity index (χ4v) is 3.24. The van der Waals surface area contributed by atoms with Gasteiger partial charge >= 0.3 is 10.2 Å². The number of hydrogen-bond donors (Lipinski definition) is 2. The zero-order valence-corrected chi connectivity index (χ0v) is 11.7. The van der Waals surface area contributed by atoms with E-state index in [0.29, 0.717) is 32.7 Å². The number of halogens is 1. The average Bonchev–Trinajstić information content (AvgIpc) is 2.63. The van der Waals surface area contributed by atoms with Crippen molar-refractivity contribution < 1.29 is 18.3 Å². The Balaban J connectivity index is 2.18. The molecule has 1 aromatic carbocycles. The molecule has 19 heavy (non-hydrogen) atoms. The van der Waals surface area contributed by atoms with Gasteiger partial charge < -0.3 is 9.84 Å². The number of nitrogens with zero attached hydrogens (tertiary/aromatic N) is 1. The third-order valence-corrected chi connectivity index (χ3v) is 4.56. The molecule has 106 valence electrons. The molecule has 0 saturated carbocycles. The minimum absolute atomic E-state index is 0.0544. The third kappa shape index (κ3) is 3.73. The molecule has 0 amide bonds. The molecule has 0 aromatic heterocycles. The molecule has 1 fully saturated rings. The maximum Gasteiger partial charge on any atom is 0.301 e. The van der Waals surface area contributed by atoms with E-state index >= 15 is 0 Å². The van der Waals surface area contributed by atoms with E-state index < -0.39 is 10.2 Å². The summed E-state index contributed by atoms with van der Waals surface area (Å²) in [4.78, 5) is 0. The van der Waals surface area contributed by atoms with Crippen LogP contribution in [0.3, 0.4) is 0 Å². The van der Waals surface area contributed by atoms with Gasteiger partial charge in [-0.15, -0.1) is 0 Å². The van der Waals surface area contributed by atoms with Gasteiger partial charge in [-0.1, -0.05) is 11.6 Å². The summed E-state index contributed by atoms with van der Waals surface area (Å²) in [5.74, 6) is -0.0544. The van der Waals surface area contributed by atoms with E-state index in [0.717, 1.165) is 0 Å². The molecule has 0 radical (unpaired) electrons. The second kappa shape index (κ2) is 5.96. The lowest BCUT2D eigenvalue weighted by atomic mass is 10.3. The third-order valence-electron chi connectivity index (χ3n) is 2.71. The number of phenolic OH excluding ortho intramolecular Hbond substituents is 1. The molecule has 8 heteroatoms. The maximum absolute atomic E-state index is 12.2. The molecule has 0 unspecified atom stereocenters. The van der Waals surface area contributed by atoms with Crippen LogP contribution in [0.15, 0.2) is 18.2 Å². The number of aromatic hydroxyl groups is 1. The summed E-state index contributed by atoms with van der Waals surface area (Å²) in [6.07, 6.45) is 0.648. The molecule has 6 nitrogen and oxygen atoms in total. The van der Waals surface area contributed by atoms with Crippen molar-refractivity contribution in [1.29, 1.82) is 0 Å². The Morgan fingerprint density at radius 1 is 1.32 bits per heavy atom. The van der Waals surface area contributed by atoms with Crippen LogP contribution < -0.4 is 4.72 Å². The van der Waals surface area contributed by atoms with Crippen molar-refractivity contribution >= 4 is 27.5 Å². The standard InChI is InChI=1S/C11H15ClN2O4S/c12-10-3-2-9(15)8-11(10)13-19(16,17)14-4-1-6-18-7-5-14/h2-3,8,13,15H,1,4-7H2. The van der Waals surface area contributed by atoms with E-state index in [-0.39, 0.29) is 16.5 Å². The van der Waals surface area contributed by atoms with E-state index in [1.54, 1.807) is 0 Å². The van der Waals surface area contributed by atoms with Crippen LogP contribution in [0.25, 0.3) is 0 Å².